The Bertz CT molecular complexity index is 296. The van der Waals surface area contributed by atoms with Crippen molar-refractivity contribution in [1.29, 1.82) is 0 Å². The van der Waals surface area contributed by atoms with Crippen LogP contribution in [0.5, 0.6) is 0 Å². The molecule has 0 aliphatic heterocycles. The molecule has 15 heavy (non-hydrogen) atoms. The molecular weight excluding hydrogens is 182 g/mol. The molecule has 84 valence electrons. The fourth-order valence-corrected chi connectivity index (χ4v) is 2.15. The van der Waals surface area contributed by atoms with Crippen LogP contribution < -0.4 is 0 Å². The highest BCUT2D eigenvalue weighted by atomic mass is 15.1. The van der Waals surface area contributed by atoms with Gasteiger partial charge in [-0.1, -0.05) is 37.6 Å². The minimum atomic E-state index is 0.489. The molecular formula is C14H23N. The Morgan fingerprint density at radius 3 is 2.27 bits per heavy atom. The number of rotatable bonds is 4. The van der Waals surface area contributed by atoms with E-state index in [-0.39, 0.29) is 0 Å². The first-order valence-electron chi connectivity index (χ1n) is 5.69. The van der Waals surface area contributed by atoms with Crippen molar-refractivity contribution >= 4 is 0 Å². The van der Waals surface area contributed by atoms with Gasteiger partial charge in [-0.15, -0.1) is 6.58 Å². The molecule has 0 N–H and O–H groups in total. The normalized spacial score (nSPS) is 24.8. The Morgan fingerprint density at radius 2 is 1.80 bits per heavy atom. The zero-order valence-corrected chi connectivity index (χ0v) is 10.6. The highest BCUT2D eigenvalue weighted by Crippen LogP contribution is 2.34. The van der Waals surface area contributed by atoms with Gasteiger partial charge in [0, 0.05) is 12.0 Å². The summed E-state index contributed by atoms with van der Waals surface area (Å²) in [4.78, 5) is 2.26. The number of hydrogen-bond donors (Lipinski definition) is 0. The van der Waals surface area contributed by atoms with E-state index in [1.54, 1.807) is 0 Å². The largest absolute Gasteiger partial charge is 0.303 e. The maximum Gasteiger partial charge on any atom is 0.0282 e. The van der Waals surface area contributed by atoms with Crippen LogP contribution >= 0.6 is 0 Å². The van der Waals surface area contributed by atoms with Crippen LogP contribution in [-0.4, -0.2) is 25.0 Å². The van der Waals surface area contributed by atoms with Crippen molar-refractivity contribution in [2.24, 2.45) is 11.8 Å². The van der Waals surface area contributed by atoms with Gasteiger partial charge >= 0.3 is 0 Å². The predicted octanol–water partition coefficient (Wildman–Crippen LogP) is 3.26. The van der Waals surface area contributed by atoms with Gasteiger partial charge in [0.15, 0.2) is 0 Å². The summed E-state index contributed by atoms with van der Waals surface area (Å²) in [5.41, 5.74) is 3.01. The molecule has 1 aliphatic carbocycles. The number of hydrogen-bond acceptors (Lipinski definition) is 1. The minimum Gasteiger partial charge on any atom is -0.303 e. The summed E-state index contributed by atoms with van der Waals surface area (Å²) in [5, 5.41) is 0. The van der Waals surface area contributed by atoms with Crippen molar-refractivity contribution in [2.75, 3.05) is 14.1 Å². The first-order chi connectivity index (χ1) is 6.99. The van der Waals surface area contributed by atoms with Crippen molar-refractivity contribution in [2.45, 2.75) is 26.8 Å². The second-order valence-electron chi connectivity index (χ2n) is 4.72. The van der Waals surface area contributed by atoms with Crippen molar-refractivity contribution in [3.63, 3.8) is 0 Å². The quantitative estimate of drug-likeness (QED) is 0.637. The molecule has 1 rings (SSSR count). The molecule has 1 nitrogen and oxygen atoms in total. The molecule has 0 saturated heterocycles. The fourth-order valence-electron chi connectivity index (χ4n) is 2.15. The Kier molecular flexibility index (Phi) is 3.92. The van der Waals surface area contributed by atoms with E-state index in [2.05, 4.69) is 58.5 Å². The summed E-state index contributed by atoms with van der Waals surface area (Å²) >= 11 is 0. The Hall–Kier alpha value is -0.820. The van der Waals surface area contributed by atoms with Gasteiger partial charge in [-0.25, -0.2) is 0 Å². The van der Waals surface area contributed by atoms with Gasteiger partial charge in [0.1, 0.15) is 0 Å². The molecule has 0 saturated carbocycles. The molecule has 0 radical (unpaired) electrons. The van der Waals surface area contributed by atoms with Gasteiger partial charge in [0.25, 0.3) is 0 Å². The molecule has 0 heterocycles. The molecule has 3 unspecified atom stereocenters. The first-order valence-corrected chi connectivity index (χ1v) is 5.69. The molecule has 3 atom stereocenters. The monoisotopic (exact) mass is 205 g/mol. The molecule has 0 aromatic carbocycles. The lowest BCUT2D eigenvalue weighted by molar-refractivity contribution is 0.337. The third kappa shape index (κ3) is 2.40. The maximum atomic E-state index is 3.87. The third-order valence-corrected chi connectivity index (χ3v) is 3.60. The molecule has 0 spiro atoms. The van der Waals surface area contributed by atoms with Gasteiger partial charge in [-0.2, -0.15) is 0 Å². The summed E-state index contributed by atoms with van der Waals surface area (Å²) in [6.45, 7) is 10.6. The standard InChI is InChI=1S/C14H23N/c1-7-10(2)13-8-9-14(11(13)3)12(4)15(5)6/h7-12H,1H2,2-6H3. The highest BCUT2D eigenvalue weighted by molar-refractivity contribution is 5.38. The lowest BCUT2D eigenvalue weighted by Crippen LogP contribution is -2.29. The smallest absolute Gasteiger partial charge is 0.0282 e. The zero-order valence-electron chi connectivity index (χ0n) is 10.6. The van der Waals surface area contributed by atoms with Gasteiger partial charge < -0.3 is 4.90 Å². The summed E-state index contributed by atoms with van der Waals surface area (Å²) in [7, 11) is 4.26. The van der Waals surface area contributed by atoms with E-state index in [4.69, 9.17) is 0 Å². The highest BCUT2D eigenvalue weighted by Gasteiger charge is 2.25. The van der Waals surface area contributed by atoms with E-state index in [0.717, 1.165) is 0 Å². The fraction of sp³-hybridized carbons (Fsp3) is 0.571. The summed E-state index contributed by atoms with van der Waals surface area (Å²) < 4.78 is 0. The first kappa shape index (κ1) is 12.3. The topological polar surface area (TPSA) is 3.24 Å². The lowest BCUT2D eigenvalue weighted by atomic mass is 9.86. The number of allylic oxidation sites excluding steroid dienone is 4. The van der Waals surface area contributed by atoms with Crippen molar-refractivity contribution < 1.29 is 0 Å². The van der Waals surface area contributed by atoms with Crippen LogP contribution in [-0.2, 0) is 0 Å². The Labute approximate surface area is 94.2 Å². The molecule has 0 aromatic rings. The lowest BCUT2D eigenvalue weighted by Gasteiger charge is -2.27. The van der Waals surface area contributed by atoms with Gasteiger partial charge in [0.2, 0.25) is 0 Å². The predicted molar refractivity (Wildman–Crippen MR) is 67.8 cm³/mol. The molecule has 0 bridgehead atoms. The maximum absolute atomic E-state index is 3.87. The van der Waals surface area contributed by atoms with Crippen LogP contribution in [0, 0.1) is 11.8 Å². The Balaban J connectivity index is 2.75. The van der Waals surface area contributed by atoms with Crippen molar-refractivity contribution in [3.8, 4) is 0 Å². The summed E-state index contributed by atoms with van der Waals surface area (Å²) in [6.07, 6.45) is 6.58. The second-order valence-corrected chi connectivity index (χ2v) is 4.72. The van der Waals surface area contributed by atoms with Gasteiger partial charge in [0.05, 0.1) is 0 Å². The van der Waals surface area contributed by atoms with Gasteiger partial charge in [-0.05, 0) is 32.5 Å². The van der Waals surface area contributed by atoms with Crippen LogP contribution in [0.2, 0.25) is 0 Å². The van der Waals surface area contributed by atoms with Crippen molar-refractivity contribution in [3.05, 3.63) is 36.0 Å². The van der Waals surface area contributed by atoms with E-state index >= 15 is 0 Å². The summed E-state index contributed by atoms with van der Waals surface area (Å²) in [5.74, 6) is 1.05. The molecule has 0 fully saturated rings. The van der Waals surface area contributed by atoms with Crippen LogP contribution in [0.15, 0.2) is 36.0 Å². The van der Waals surface area contributed by atoms with E-state index in [9.17, 15) is 0 Å². The molecule has 1 heteroatoms. The summed E-state index contributed by atoms with van der Waals surface area (Å²) in [6, 6.07) is 0.519. The second kappa shape index (κ2) is 4.80. The van der Waals surface area contributed by atoms with Crippen molar-refractivity contribution in [1.82, 2.24) is 4.90 Å². The number of likely N-dealkylation sites (N-methyl/N-ethyl adjacent to an activating group) is 1. The minimum absolute atomic E-state index is 0.489. The van der Waals surface area contributed by atoms with Crippen LogP contribution in [0.1, 0.15) is 20.8 Å². The Morgan fingerprint density at radius 1 is 1.27 bits per heavy atom. The van der Waals surface area contributed by atoms with Crippen LogP contribution in [0.25, 0.3) is 0 Å². The zero-order chi connectivity index (χ0) is 11.6. The molecule has 0 amide bonds. The number of nitrogens with zero attached hydrogens (tertiary/aromatic N) is 1. The van der Waals surface area contributed by atoms with E-state index in [1.807, 2.05) is 6.08 Å². The van der Waals surface area contributed by atoms with Crippen LogP contribution in [0.3, 0.4) is 0 Å². The average molecular weight is 205 g/mol. The van der Waals surface area contributed by atoms with Crippen LogP contribution in [0.4, 0.5) is 0 Å². The van der Waals surface area contributed by atoms with E-state index in [1.165, 1.54) is 11.1 Å². The molecule has 0 aromatic heterocycles. The molecule has 1 aliphatic rings. The van der Waals surface area contributed by atoms with E-state index < -0.39 is 0 Å². The SMILES string of the molecule is C=CC(C)C1=CC=C(C(C)N(C)C)C1C. The van der Waals surface area contributed by atoms with E-state index in [0.29, 0.717) is 17.9 Å². The average Bonchev–Trinajstić information content (AvgIpc) is 2.57. The van der Waals surface area contributed by atoms with Gasteiger partial charge in [-0.3, -0.25) is 0 Å². The third-order valence-electron chi connectivity index (χ3n) is 3.60.